The first kappa shape index (κ1) is 14.2. The van der Waals surface area contributed by atoms with Crippen molar-refractivity contribution >= 4 is 12.4 Å². The van der Waals surface area contributed by atoms with Gasteiger partial charge in [-0.2, -0.15) is 0 Å². The summed E-state index contributed by atoms with van der Waals surface area (Å²) in [6.07, 6.45) is 5.67. The van der Waals surface area contributed by atoms with E-state index < -0.39 is 0 Å². The Balaban J connectivity index is 0.00000128. The third kappa shape index (κ3) is 4.21. The van der Waals surface area contributed by atoms with Gasteiger partial charge in [0, 0.05) is 38.8 Å². The van der Waals surface area contributed by atoms with Crippen molar-refractivity contribution in [2.75, 3.05) is 32.8 Å². The Bertz CT molecular complexity index is 186. The Kier molecular flexibility index (Phi) is 6.66. The molecule has 96 valence electrons. The van der Waals surface area contributed by atoms with Gasteiger partial charge in [0.15, 0.2) is 0 Å². The van der Waals surface area contributed by atoms with Gasteiger partial charge in [0.2, 0.25) is 0 Å². The monoisotopic (exact) mass is 248 g/mol. The first-order valence-electron chi connectivity index (χ1n) is 6.42. The van der Waals surface area contributed by atoms with Gasteiger partial charge < -0.3 is 10.1 Å². The van der Waals surface area contributed by atoms with E-state index in [0.717, 1.165) is 19.7 Å². The highest BCUT2D eigenvalue weighted by Gasteiger charge is 2.20. The minimum atomic E-state index is 0. The molecular formula is C12H25ClN2O. The van der Waals surface area contributed by atoms with Gasteiger partial charge in [0.25, 0.3) is 0 Å². The van der Waals surface area contributed by atoms with Crippen LogP contribution in [-0.4, -0.2) is 49.8 Å². The summed E-state index contributed by atoms with van der Waals surface area (Å²) in [6, 6.07) is 0.697. The zero-order chi connectivity index (χ0) is 10.5. The Morgan fingerprint density at radius 3 is 2.94 bits per heavy atom. The molecule has 0 aromatic rings. The fraction of sp³-hybridized carbons (Fsp3) is 1.00. The number of nitrogens with one attached hydrogen (secondary N) is 1. The van der Waals surface area contributed by atoms with E-state index in [2.05, 4.69) is 17.1 Å². The molecule has 2 rings (SSSR count). The van der Waals surface area contributed by atoms with Crippen molar-refractivity contribution in [3.63, 3.8) is 0 Å². The number of nitrogens with zero attached hydrogens (tertiary/aromatic N) is 1. The summed E-state index contributed by atoms with van der Waals surface area (Å²) in [5.41, 5.74) is 0. The van der Waals surface area contributed by atoms with Crippen LogP contribution in [0.1, 0.15) is 32.6 Å². The normalized spacial score (nSPS) is 32.1. The topological polar surface area (TPSA) is 24.5 Å². The van der Waals surface area contributed by atoms with Crippen molar-refractivity contribution in [3.05, 3.63) is 0 Å². The quantitative estimate of drug-likeness (QED) is 0.822. The highest BCUT2D eigenvalue weighted by atomic mass is 35.5. The summed E-state index contributed by atoms with van der Waals surface area (Å²) in [4.78, 5) is 2.59. The van der Waals surface area contributed by atoms with Crippen molar-refractivity contribution in [3.8, 4) is 0 Å². The van der Waals surface area contributed by atoms with Gasteiger partial charge in [-0.1, -0.05) is 0 Å². The second kappa shape index (κ2) is 7.49. The van der Waals surface area contributed by atoms with E-state index in [1.165, 1.54) is 38.8 Å². The van der Waals surface area contributed by atoms with Crippen LogP contribution in [0.4, 0.5) is 0 Å². The van der Waals surface area contributed by atoms with Crippen LogP contribution >= 0.6 is 12.4 Å². The van der Waals surface area contributed by atoms with Crippen LogP contribution in [-0.2, 0) is 4.74 Å². The third-order valence-corrected chi connectivity index (χ3v) is 3.65. The predicted octanol–water partition coefficient (Wildman–Crippen LogP) is 1.66. The molecule has 3 nitrogen and oxygen atoms in total. The Morgan fingerprint density at radius 2 is 2.25 bits per heavy atom. The van der Waals surface area contributed by atoms with Crippen LogP contribution in [0.5, 0.6) is 0 Å². The highest BCUT2D eigenvalue weighted by Crippen LogP contribution is 2.16. The number of hydrogen-bond donors (Lipinski definition) is 1. The molecule has 2 unspecified atom stereocenters. The van der Waals surface area contributed by atoms with E-state index in [0.29, 0.717) is 12.1 Å². The summed E-state index contributed by atoms with van der Waals surface area (Å²) in [5, 5.41) is 3.43. The molecule has 2 atom stereocenters. The van der Waals surface area contributed by atoms with Crippen molar-refractivity contribution in [1.82, 2.24) is 10.2 Å². The molecule has 16 heavy (non-hydrogen) atoms. The Labute approximate surface area is 105 Å². The van der Waals surface area contributed by atoms with Crippen molar-refractivity contribution < 1.29 is 4.74 Å². The molecule has 1 N–H and O–H groups in total. The maximum atomic E-state index is 5.76. The second-order valence-electron chi connectivity index (χ2n) is 4.87. The number of hydrogen-bond acceptors (Lipinski definition) is 3. The fourth-order valence-corrected chi connectivity index (χ4v) is 2.56. The van der Waals surface area contributed by atoms with E-state index in [4.69, 9.17) is 4.74 Å². The van der Waals surface area contributed by atoms with Gasteiger partial charge in [0.1, 0.15) is 0 Å². The smallest absolute Gasteiger partial charge is 0.0587 e. The largest absolute Gasteiger partial charge is 0.378 e. The average molecular weight is 249 g/mol. The van der Waals surface area contributed by atoms with Gasteiger partial charge in [-0.15, -0.1) is 12.4 Å². The zero-order valence-corrected chi connectivity index (χ0v) is 11.1. The summed E-state index contributed by atoms with van der Waals surface area (Å²) in [6.45, 7) is 8.01. The molecule has 2 aliphatic rings. The minimum absolute atomic E-state index is 0. The second-order valence-corrected chi connectivity index (χ2v) is 4.87. The summed E-state index contributed by atoms with van der Waals surface area (Å²) >= 11 is 0. The maximum Gasteiger partial charge on any atom is 0.0587 e. The predicted molar refractivity (Wildman–Crippen MR) is 69.4 cm³/mol. The first-order valence-corrected chi connectivity index (χ1v) is 6.42. The van der Waals surface area contributed by atoms with Gasteiger partial charge in [-0.25, -0.2) is 0 Å². The lowest BCUT2D eigenvalue weighted by molar-refractivity contribution is 0.00223. The van der Waals surface area contributed by atoms with Gasteiger partial charge >= 0.3 is 0 Å². The summed E-state index contributed by atoms with van der Waals surface area (Å²) in [7, 11) is 0. The van der Waals surface area contributed by atoms with Crippen LogP contribution < -0.4 is 5.32 Å². The number of ether oxygens (including phenoxy) is 1. The van der Waals surface area contributed by atoms with E-state index in [9.17, 15) is 0 Å². The maximum absolute atomic E-state index is 5.76. The van der Waals surface area contributed by atoms with Gasteiger partial charge in [-0.05, 0) is 32.6 Å². The van der Waals surface area contributed by atoms with Crippen LogP contribution in [0.2, 0.25) is 0 Å². The Hall–Kier alpha value is 0.170. The minimum Gasteiger partial charge on any atom is -0.378 e. The zero-order valence-electron chi connectivity index (χ0n) is 10.3. The fourth-order valence-electron chi connectivity index (χ4n) is 2.56. The Morgan fingerprint density at radius 1 is 1.38 bits per heavy atom. The van der Waals surface area contributed by atoms with E-state index in [1.807, 2.05) is 0 Å². The van der Waals surface area contributed by atoms with Crippen molar-refractivity contribution in [1.29, 1.82) is 0 Å². The average Bonchev–Trinajstić information content (AvgIpc) is 2.29. The van der Waals surface area contributed by atoms with E-state index in [-0.39, 0.29) is 12.4 Å². The SMILES string of the molecule is CC1CNCCN1CCC1CCCCO1.Cl. The molecule has 2 fully saturated rings. The lowest BCUT2D eigenvalue weighted by Gasteiger charge is -2.35. The molecule has 0 radical (unpaired) electrons. The molecule has 0 bridgehead atoms. The summed E-state index contributed by atoms with van der Waals surface area (Å²) in [5.74, 6) is 0. The molecule has 0 aromatic heterocycles. The molecule has 0 spiro atoms. The van der Waals surface area contributed by atoms with E-state index in [1.54, 1.807) is 0 Å². The molecule has 0 saturated carbocycles. The molecule has 0 aromatic carbocycles. The molecule has 4 heteroatoms. The number of halogens is 1. The molecule has 2 heterocycles. The van der Waals surface area contributed by atoms with E-state index >= 15 is 0 Å². The molecule has 0 amide bonds. The van der Waals surface area contributed by atoms with Crippen molar-refractivity contribution in [2.45, 2.75) is 44.8 Å². The molecular weight excluding hydrogens is 224 g/mol. The lowest BCUT2D eigenvalue weighted by Crippen LogP contribution is -2.50. The molecule has 2 aliphatic heterocycles. The van der Waals surface area contributed by atoms with Gasteiger partial charge in [0.05, 0.1) is 6.10 Å². The van der Waals surface area contributed by atoms with Crippen LogP contribution in [0.25, 0.3) is 0 Å². The standard InChI is InChI=1S/C12H24N2O.ClH/c1-11-10-13-6-8-14(11)7-5-12-4-2-3-9-15-12;/h11-13H,2-10H2,1H3;1H. The third-order valence-electron chi connectivity index (χ3n) is 3.65. The number of piperazine rings is 1. The van der Waals surface area contributed by atoms with Crippen molar-refractivity contribution in [2.24, 2.45) is 0 Å². The van der Waals surface area contributed by atoms with Crippen LogP contribution in [0, 0.1) is 0 Å². The van der Waals surface area contributed by atoms with Crippen LogP contribution in [0.15, 0.2) is 0 Å². The first-order chi connectivity index (χ1) is 7.36. The number of rotatable bonds is 3. The molecule has 2 saturated heterocycles. The van der Waals surface area contributed by atoms with Crippen LogP contribution in [0.3, 0.4) is 0 Å². The lowest BCUT2D eigenvalue weighted by atomic mass is 10.1. The molecule has 0 aliphatic carbocycles. The van der Waals surface area contributed by atoms with Gasteiger partial charge in [-0.3, -0.25) is 4.90 Å². The summed E-state index contributed by atoms with van der Waals surface area (Å²) < 4.78 is 5.76. The highest BCUT2D eigenvalue weighted by molar-refractivity contribution is 5.85.